The molecule has 3 N–H and O–H groups in total. The second-order valence-corrected chi connectivity index (χ2v) is 3.89. The fourth-order valence-corrected chi connectivity index (χ4v) is 1.58. The Kier molecular flexibility index (Phi) is 4.17. The zero-order chi connectivity index (χ0) is 10.6. The smallest absolute Gasteiger partial charge is 0.0690 e. The van der Waals surface area contributed by atoms with Gasteiger partial charge in [-0.15, -0.1) is 0 Å². The normalized spacial score (nSPS) is 15.4. The van der Waals surface area contributed by atoms with Crippen molar-refractivity contribution in [3.8, 4) is 0 Å². The second kappa shape index (κ2) is 5.17. The van der Waals surface area contributed by atoms with Gasteiger partial charge in [0.1, 0.15) is 0 Å². The molecule has 0 saturated carbocycles. The zero-order valence-electron chi connectivity index (χ0n) is 8.98. The minimum atomic E-state index is -0.308. The van der Waals surface area contributed by atoms with Crippen molar-refractivity contribution < 1.29 is 5.11 Å². The monoisotopic (exact) mass is 196 g/mol. The molecule has 0 saturated heterocycles. The van der Waals surface area contributed by atoms with Crippen molar-refractivity contribution in [2.45, 2.75) is 45.4 Å². The number of aromatic nitrogens is 1. The van der Waals surface area contributed by atoms with Crippen molar-refractivity contribution in [3.05, 3.63) is 24.0 Å². The summed E-state index contributed by atoms with van der Waals surface area (Å²) in [6.45, 7) is 4.55. The van der Waals surface area contributed by atoms with Crippen LogP contribution < -0.4 is 5.73 Å². The molecular weight excluding hydrogens is 176 g/mol. The number of hydrogen-bond acceptors (Lipinski definition) is 2. The van der Waals surface area contributed by atoms with Gasteiger partial charge in [0.05, 0.1) is 6.10 Å². The first kappa shape index (κ1) is 11.3. The molecule has 0 radical (unpaired) electrons. The molecule has 1 aromatic rings. The number of aliphatic hydroxyl groups excluding tert-OH is 1. The lowest BCUT2D eigenvalue weighted by Crippen LogP contribution is -2.11. The van der Waals surface area contributed by atoms with E-state index < -0.39 is 0 Å². The molecule has 1 aromatic heterocycles. The molecule has 0 aliphatic carbocycles. The predicted octanol–water partition coefficient (Wildman–Crippen LogP) is 1.67. The molecule has 0 fully saturated rings. The average Bonchev–Trinajstić information content (AvgIpc) is 2.52. The van der Waals surface area contributed by atoms with Crippen LogP contribution in [0.3, 0.4) is 0 Å². The molecule has 3 nitrogen and oxygen atoms in total. The van der Waals surface area contributed by atoms with E-state index in [1.54, 1.807) is 6.92 Å². The third kappa shape index (κ3) is 3.16. The van der Waals surface area contributed by atoms with Crippen molar-refractivity contribution >= 4 is 0 Å². The van der Waals surface area contributed by atoms with Gasteiger partial charge in [0.25, 0.3) is 0 Å². The average molecular weight is 196 g/mol. The maximum absolute atomic E-state index is 9.20. The van der Waals surface area contributed by atoms with Gasteiger partial charge < -0.3 is 15.4 Å². The quantitative estimate of drug-likeness (QED) is 0.752. The van der Waals surface area contributed by atoms with E-state index >= 15 is 0 Å². The molecule has 0 spiro atoms. The van der Waals surface area contributed by atoms with Crippen molar-refractivity contribution in [1.29, 1.82) is 0 Å². The van der Waals surface area contributed by atoms with E-state index in [9.17, 15) is 5.11 Å². The summed E-state index contributed by atoms with van der Waals surface area (Å²) in [6.07, 6.45) is 5.80. The van der Waals surface area contributed by atoms with Gasteiger partial charge in [0.15, 0.2) is 0 Å². The molecule has 0 amide bonds. The molecule has 0 aromatic carbocycles. The summed E-state index contributed by atoms with van der Waals surface area (Å²) in [5, 5.41) is 9.20. The van der Waals surface area contributed by atoms with Gasteiger partial charge in [0.2, 0.25) is 0 Å². The summed E-state index contributed by atoms with van der Waals surface area (Å²) in [5.41, 5.74) is 7.13. The van der Waals surface area contributed by atoms with Gasteiger partial charge in [-0.05, 0) is 25.0 Å². The summed E-state index contributed by atoms with van der Waals surface area (Å²) < 4.78 is 1.98. The van der Waals surface area contributed by atoms with Crippen LogP contribution in [-0.4, -0.2) is 15.8 Å². The molecule has 14 heavy (non-hydrogen) atoms. The van der Waals surface area contributed by atoms with Crippen molar-refractivity contribution in [3.63, 3.8) is 0 Å². The lowest BCUT2D eigenvalue weighted by atomic mass is 10.1. The first-order chi connectivity index (χ1) is 6.63. The second-order valence-electron chi connectivity index (χ2n) is 3.89. The Hall–Kier alpha value is -0.800. The lowest BCUT2D eigenvalue weighted by Gasteiger charge is -2.08. The minimum absolute atomic E-state index is 0.134. The third-order valence-electron chi connectivity index (χ3n) is 2.28. The first-order valence-electron chi connectivity index (χ1n) is 5.22. The van der Waals surface area contributed by atoms with Crippen LogP contribution in [0.1, 0.15) is 38.3 Å². The summed E-state index contributed by atoms with van der Waals surface area (Å²) in [6, 6.07) is 2.16. The Bertz CT molecular complexity index is 268. The van der Waals surface area contributed by atoms with Crippen LogP contribution in [0.5, 0.6) is 0 Å². The van der Waals surface area contributed by atoms with Crippen LogP contribution in [0, 0.1) is 0 Å². The fourth-order valence-electron chi connectivity index (χ4n) is 1.58. The van der Waals surface area contributed by atoms with Crippen LogP contribution in [-0.2, 0) is 6.54 Å². The van der Waals surface area contributed by atoms with E-state index in [1.165, 1.54) is 0 Å². The Morgan fingerprint density at radius 1 is 1.57 bits per heavy atom. The van der Waals surface area contributed by atoms with Crippen LogP contribution in [0.25, 0.3) is 0 Å². The van der Waals surface area contributed by atoms with Gasteiger partial charge in [-0.1, -0.05) is 13.3 Å². The fraction of sp³-hybridized carbons (Fsp3) is 0.636. The maximum atomic E-state index is 9.20. The molecule has 80 valence electrons. The van der Waals surface area contributed by atoms with E-state index in [1.807, 2.05) is 23.0 Å². The number of rotatable bonds is 5. The highest BCUT2D eigenvalue weighted by Gasteiger charge is 2.06. The van der Waals surface area contributed by atoms with Crippen molar-refractivity contribution in [1.82, 2.24) is 4.57 Å². The SMILES string of the molecule is CCCC(N)c1ccn(CC(C)O)c1. The number of hydrogen-bond donors (Lipinski definition) is 2. The van der Waals surface area contributed by atoms with Crippen LogP contribution in [0.4, 0.5) is 0 Å². The molecule has 0 aliphatic rings. The van der Waals surface area contributed by atoms with E-state index in [0.29, 0.717) is 6.54 Å². The summed E-state index contributed by atoms with van der Waals surface area (Å²) in [7, 11) is 0. The summed E-state index contributed by atoms with van der Waals surface area (Å²) in [4.78, 5) is 0. The molecule has 3 heteroatoms. The van der Waals surface area contributed by atoms with Gasteiger partial charge in [-0.25, -0.2) is 0 Å². The highest BCUT2D eigenvalue weighted by Crippen LogP contribution is 2.15. The highest BCUT2D eigenvalue weighted by atomic mass is 16.3. The first-order valence-corrected chi connectivity index (χ1v) is 5.22. The molecule has 0 aliphatic heterocycles. The molecule has 1 rings (SSSR count). The summed E-state index contributed by atoms with van der Waals surface area (Å²) >= 11 is 0. The maximum Gasteiger partial charge on any atom is 0.0690 e. The van der Waals surface area contributed by atoms with Crippen LogP contribution in [0.2, 0.25) is 0 Å². The number of nitrogens with zero attached hydrogens (tertiary/aromatic N) is 1. The van der Waals surface area contributed by atoms with Crippen LogP contribution >= 0.6 is 0 Å². The van der Waals surface area contributed by atoms with Crippen molar-refractivity contribution in [2.24, 2.45) is 5.73 Å². The molecule has 2 unspecified atom stereocenters. The predicted molar refractivity (Wildman–Crippen MR) is 57.9 cm³/mol. The van der Waals surface area contributed by atoms with Crippen molar-refractivity contribution in [2.75, 3.05) is 0 Å². The lowest BCUT2D eigenvalue weighted by molar-refractivity contribution is 0.173. The standard InChI is InChI=1S/C11H20N2O/c1-3-4-11(12)10-5-6-13(8-10)7-9(2)14/h5-6,8-9,11,14H,3-4,7,12H2,1-2H3. The Balaban J connectivity index is 2.58. The van der Waals surface area contributed by atoms with Gasteiger partial charge in [-0.2, -0.15) is 0 Å². The number of nitrogens with two attached hydrogens (primary N) is 1. The Morgan fingerprint density at radius 3 is 2.86 bits per heavy atom. The van der Waals surface area contributed by atoms with E-state index in [2.05, 4.69) is 6.92 Å². The topological polar surface area (TPSA) is 51.2 Å². The van der Waals surface area contributed by atoms with Crippen LogP contribution in [0.15, 0.2) is 18.5 Å². The van der Waals surface area contributed by atoms with Gasteiger partial charge in [0, 0.05) is 25.0 Å². The van der Waals surface area contributed by atoms with E-state index in [4.69, 9.17) is 5.73 Å². The summed E-state index contributed by atoms with van der Waals surface area (Å²) in [5.74, 6) is 0. The Labute approximate surface area is 85.5 Å². The minimum Gasteiger partial charge on any atom is -0.392 e. The molecular formula is C11H20N2O. The van der Waals surface area contributed by atoms with E-state index in [0.717, 1.165) is 18.4 Å². The Morgan fingerprint density at radius 2 is 2.29 bits per heavy atom. The molecule has 0 bridgehead atoms. The third-order valence-corrected chi connectivity index (χ3v) is 2.28. The van der Waals surface area contributed by atoms with E-state index in [-0.39, 0.29) is 12.1 Å². The molecule has 2 atom stereocenters. The van der Waals surface area contributed by atoms with Gasteiger partial charge >= 0.3 is 0 Å². The largest absolute Gasteiger partial charge is 0.392 e. The van der Waals surface area contributed by atoms with Gasteiger partial charge in [-0.3, -0.25) is 0 Å². The number of aliphatic hydroxyl groups is 1. The zero-order valence-corrected chi connectivity index (χ0v) is 8.98. The molecule has 1 heterocycles. The highest BCUT2D eigenvalue weighted by molar-refractivity contribution is 5.14.